The van der Waals surface area contributed by atoms with E-state index in [2.05, 4.69) is 17.6 Å². The molecule has 3 rings (SSSR count). The Balaban J connectivity index is 1.90. The van der Waals surface area contributed by atoms with Crippen LogP contribution < -0.4 is 11.3 Å². The predicted octanol–water partition coefficient (Wildman–Crippen LogP) is 3.79. The summed E-state index contributed by atoms with van der Waals surface area (Å²) in [6.45, 7) is 0. The maximum absolute atomic E-state index is 13.9. The second-order valence-corrected chi connectivity index (χ2v) is 5.56. The van der Waals surface area contributed by atoms with Gasteiger partial charge in [-0.3, -0.25) is 5.84 Å². The fraction of sp³-hybridized carbons (Fsp3) is 0.294. The van der Waals surface area contributed by atoms with Crippen molar-refractivity contribution in [3.05, 3.63) is 70.8 Å². The van der Waals surface area contributed by atoms with Gasteiger partial charge in [0.05, 0.1) is 6.04 Å². The number of nitrogens with one attached hydrogen (secondary N) is 1. The molecule has 1 atom stereocenters. The second kappa shape index (κ2) is 5.92. The smallest absolute Gasteiger partial charge is 0.128 e. The van der Waals surface area contributed by atoms with E-state index in [1.165, 1.54) is 30.9 Å². The maximum Gasteiger partial charge on any atom is 0.128 e. The fourth-order valence-electron chi connectivity index (χ4n) is 2.80. The summed E-state index contributed by atoms with van der Waals surface area (Å²) in [6, 6.07) is 10.8. The Morgan fingerprint density at radius 1 is 1.05 bits per heavy atom. The molecule has 0 amide bonds. The lowest BCUT2D eigenvalue weighted by Crippen LogP contribution is -2.29. The molecular formula is C17H18F2N2. The van der Waals surface area contributed by atoms with Crippen LogP contribution in [-0.4, -0.2) is 0 Å². The molecule has 1 saturated carbocycles. The molecule has 21 heavy (non-hydrogen) atoms. The average molecular weight is 288 g/mol. The minimum atomic E-state index is -0.559. The summed E-state index contributed by atoms with van der Waals surface area (Å²) in [5.74, 6) is 5.26. The van der Waals surface area contributed by atoms with Gasteiger partial charge in [-0.05, 0) is 48.1 Å². The molecule has 110 valence electrons. The molecule has 1 aliphatic rings. The molecule has 2 aromatic carbocycles. The molecule has 1 aliphatic carbocycles. The third-order valence-electron chi connectivity index (χ3n) is 4.28. The molecule has 0 saturated heterocycles. The van der Waals surface area contributed by atoms with E-state index in [0.717, 1.165) is 17.7 Å². The molecule has 0 radical (unpaired) electrons. The van der Waals surface area contributed by atoms with E-state index in [-0.39, 0.29) is 5.56 Å². The van der Waals surface area contributed by atoms with Crippen LogP contribution in [0.5, 0.6) is 0 Å². The van der Waals surface area contributed by atoms with Crippen molar-refractivity contribution >= 4 is 0 Å². The number of benzene rings is 2. The monoisotopic (exact) mass is 288 g/mol. The van der Waals surface area contributed by atoms with Crippen molar-refractivity contribution in [2.45, 2.75) is 31.2 Å². The van der Waals surface area contributed by atoms with Gasteiger partial charge in [0.25, 0.3) is 0 Å². The molecule has 0 bridgehead atoms. The Hall–Kier alpha value is -1.78. The lowest BCUT2D eigenvalue weighted by atomic mass is 9.79. The standard InChI is InChI=1S/C17H18F2N2/c18-14-8-9-16(19)15(10-14)17(21-20)13-6-4-12(5-7-13)11-2-1-3-11/h4-11,17,21H,1-3,20H2. The van der Waals surface area contributed by atoms with E-state index in [4.69, 9.17) is 5.84 Å². The average Bonchev–Trinajstić information content (AvgIpc) is 2.43. The van der Waals surface area contributed by atoms with Crippen molar-refractivity contribution < 1.29 is 8.78 Å². The van der Waals surface area contributed by atoms with Crippen molar-refractivity contribution in [2.24, 2.45) is 5.84 Å². The van der Waals surface area contributed by atoms with E-state index < -0.39 is 17.7 Å². The quantitative estimate of drug-likeness (QED) is 0.663. The van der Waals surface area contributed by atoms with E-state index in [9.17, 15) is 8.78 Å². The van der Waals surface area contributed by atoms with Gasteiger partial charge in [-0.1, -0.05) is 30.7 Å². The minimum Gasteiger partial charge on any atom is -0.271 e. The molecule has 1 unspecified atom stereocenters. The lowest BCUT2D eigenvalue weighted by molar-refractivity contribution is 0.419. The van der Waals surface area contributed by atoms with Gasteiger partial charge in [0.15, 0.2) is 0 Å². The summed E-state index contributed by atoms with van der Waals surface area (Å²) in [7, 11) is 0. The van der Waals surface area contributed by atoms with Crippen LogP contribution in [0.2, 0.25) is 0 Å². The van der Waals surface area contributed by atoms with Crippen molar-refractivity contribution in [3.63, 3.8) is 0 Å². The normalized spacial score (nSPS) is 16.5. The first-order valence-electron chi connectivity index (χ1n) is 7.20. The van der Waals surface area contributed by atoms with Crippen molar-refractivity contribution in [1.29, 1.82) is 0 Å². The first kappa shape index (κ1) is 14.2. The van der Waals surface area contributed by atoms with Gasteiger partial charge >= 0.3 is 0 Å². The molecule has 0 spiro atoms. The first-order chi connectivity index (χ1) is 10.2. The highest BCUT2D eigenvalue weighted by Crippen LogP contribution is 2.36. The van der Waals surface area contributed by atoms with Gasteiger partial charge in [0.2, 0.25) is 0 Å². The minimum absolute atomic E-state index is 0.217. The lowest BCUT2D eigenvalue weighted by Gasteiger charge is -2.26. The Morgan fingerprint density at radius 3 is 2.33 bits per heavy atom. The van der Waals surface area contributed by atoms with Crippen molar-refractivity contribution in [1.82, 2.24) is 5.43 Å². The van der Waals surface area contributed by atoms with Crippen LogP contribution in [0.4, 0.5) is 8.78 Å². The van der Waals surface area contributed by atoms with Crippen LogP contribution in [0.1, 0.15) is 47.9 Å². The van der Waals surface area contributed by atoms with Crippen LogP contribution in [0.25, 0.3) is 0 Å². The SMILES string of the molecule is NNC(c1ccc(C2CCC2)cc1)c1cc(F)ccc1F. The van der Waals surface area contributed by atoms with E-state index in [0.29, 0.717) is 5.92 Å². The molecule has 0 aromatic heterocycles. The van der Waals surface area contributed by atoms with Crippen LogP contribution >= 0.6 is 0 Å². The van der Waals surface area contributed by atoms with Crippen LogP contribution in [0.15, 0.2) is 42.5 Å². The number of hydrogen-bond donors (Lipinski definition) is 2. The summed E-state index contributed by atoms with van der Waals surface area (Å²) in [6.07, 6.45) is 3.75. The highest BCUT2D eigenvalue weighted by atomic mass is 19.1. The third-order valence-corrected chi connectivity index (χ3v) is 4.28. The van der Waals surface area contributed by atoms with Gasteiger partial charge < -0.3 is 0 Å². The van der Waals surface area contributed by atoms with Gasteiger partial charge in [0, 0.05) is 5.56 Å². The van der Waals surface area contributed by atoms with Crippen LogP contribution in [-0.2, 0) is 0 Å². The molecule has 4 heteroatoms. The Kier molecular flexibility index (Phi) is 3.99. The summed E-state index contributed by atoms with van der Waals surface area (Å²) in [4.78, 5) is 0. The number of hydrogen-bond acceptors (Lipinski definition) is 2. The predicted molar refractivity (Wildman–Crippen MR) is 78.6 cm³/mol. The number of rotatable bonds is 4. The fourth-order valence-corrected chi connectivity index (χ4v) is 2.80. The summed E-state index contributed by atoms with van der Waals surface area (Å²) >= 11 is 0. The van der Waals surface area contributed by atoms with Gasteiger partial charge in [-0.2, -0.15) is 0 Å². The molecule has 0 aliphatic heterocycles. The van der Waals surface area contributed by atoms with Crippen LogP contribution in [0, 0.1) is 11.6 Å². The third kappa shape index (κ3) is 2.82. The molecule has 2 aromatic rings. The summed E-state index contributed by atoms with van der Waals surface area (Å²) in [5.41, 5.74) is 4.92. The zero-order valence-electron chi connectivity index (χ0n) is 11.7. The molecular weight excluding hydrogens is 270 g/mol. The number of hydrazine groups is 1. The van der Waals surface area contributed by atoms with E-state index >= 15 is 0 Å². The topological polar surface area (TPSA) is 38.0 Å². The molecule has 1 fully saturated rings. The Labute approximate surface area is 122 Å². The van der Waals surface area contributed by atoms with Gasteiger partial charge in [-0.15, -0.1) is 0 Å². The van der Waals surface area contributed by atoms with Gasteiger partial charge in [-0.25, -0.2) is 14.2 Å². The summed E-state index contributed by atoms with van der Waals surface area (Å²) in [5, 5.41) is 0. The zero-order valence-corrected chi connectivity index (χ0v) is 11.7. The summed E-state index contributed by atoms with van der Waals surface area (Å²) < 4.78 is 27.2. The molecule has 2 nitrogen and oxygen atoms in total. The van der Waals surface area contributed by atoms with Crippen molar-refractivity contribution in [3.8, 4) is 0 Å². The number of nitrogens with two attached hydrogens (primary N) is 1. The second-order valence-electron chi connectivity index (χ2n) is 5.56. The largest absolute Gasteiger partial charge is 0.271 e. The Morgan fingerprint density at radius 2 is 1.76 bits per heavy atom. The molecule has 3 N–H and O–H groups in total. The van der Waals surface area contributed by atoms with Gasteiger partial charge in [0.1, 0.15) is 11.6 Å². The van der Waals surface area contributed by atoms with E-state index in [1.807, 2.05) is 12.1 Å². The number of halogens is 2. The molecule has 0 heterocycles. The van der Waals surface area contributed by atoms with E-state index in [1.54, 1.807) is 0 Å². The Bertz CT molecular complexity index is 621. The first-order valence-corrected chi connectivity index (χ1v) is 7.20. The van der Waals surface area contributed by atoms with Crippen LogP contribution in [0.3, 0.4) is 0 Å². The maximum atomic E-state index is 13.9. The van der Waals surface area contributed by atoms with Crippen molar-refractivity contribution in [2.75, 3.05) is 0 Å². The zero-order chi connectivity index (χ0) is 14.8. The highest BCUT2D eigenvalue weighted by molar-refractivity contribution is 5.35. The highest BCUT2D eigenvalue weighted by Gasteiger charge is 2.21.